The normalized spacial score (nSPS) is 20.5. The molecule has 5 heteroatoms. The summed E-state index contributed by atoms with van der Waals surface area (Å²) in [6.45, 7) is 3.02. The minimum Gasteiger partial charge on any atom is -0.354 e. The van der Waals surface area contributed by atoms with Gasteiger partial charge in [0.25, 0.3) is 0 Å². The molecule has 1 rings (SSSR count). The fraction of sp³-hybridized carbons (Fsp3) is 0.750. The lowest BCUT2D eigenvalue weighted by Crippen LogP contribution is -2.44. The summed E-state index contributed by atoms with van der Waals surface area (Å²) < 4.78 is 0. The number of carbonyl (C=O) groups is 2. The van der Waals surface area contributed by atoms with Gasteiger partial charge in [-0.2, -0.15) is 0 Å². The van der Waals surface area contributed by atoms with Crippen molar-refractivity contribution >= 4 is 11.8 Å². The second-order valence-electron chi connectivity index (χ2n) is 3.25. The number of carbonyl (C=O) groups excluding carboxylic acids is 2. The predicted octanol–water partition coefficient (Wildman–Crippen LogP) is -1.32. The highest BCUT2D eigenvalue weighted by Gasteiger charge is 2.21. The van der Waals surface area contributed by atoms with Gasteiger partial charge in [-0.15, -0.1) is 0 Å². The smallest absolute Gasteiger partial charge is 0.239 e. The highest BCUT2D eigenvalue weighted by atomic mass is 16.2. The largest absolute Gasteiger partial charge is 0.354 e. The van der Waals surface area contributed by atoms with Crippen molar-refractivity contribution in [3.8, 4) is 0 Å². The van der Waals surface area contributed by atoms with Crippen LogP contribution in [0.25, 0.3) is 0 Å². The maximum Gasteiger partial charge on any atom is 0.239 e. The van der Waals surface area contributed by atoms with E-state index in [-0.39, 0.29) is 18.4 Å². The average Bonchev–Trinajstić information content (AvgIpc) is 2.28. The molecule has 1 atom stereocenters. The van der Waals surface area contributed by atoms with Gasteiger partial charge in [-0.3, -0.25) is 9.59 Å². The summed E-state index contributed by atoms with van der Waals surface area (Å²) in [5.74, 6) is -0.261. The van der Waals surface area contributed by atoms with E-state index < -0.39 is 6.04 Å². The zero-order valence-corrected chi connectivity index (χ0v) is 7.75. The number of rotatable bonds is 1. The Bertz CT molecular complexity index is 215. The molecule has 1 saturated heterocycles. The molecule has 0 saturated carbocycles. The Balaban J connectivity index is 2.57. The van der Waals surface area contributed by atoms with E-state index in [1.165, 1.54) is 4.90 Å². The monoisotopic (exact) mass is 185 g/mol. The number of hydrogen-bond acceptors (Lipinski definition) is 3. The molecule has 0 aromatic carbocycles. The van der Waals surface area contributed by atoms with Crippen LogP contribution in [0.4, 0.5) is 0 Å². The van der Waals surface area contributed by atoms with Gasteiger partial charge in [0.05, 0.1) is 12.6 Å². The third-order valence-electron chi connectivity index (χ3n) is 1.96. The molecular weight excluding hydrogens is 170 g/mol. The molecule has 0 aromatic rings. The Morgan fingerprint density at radius 2 is 2.38 bits per heavy atom. The molecule has 5 nitrogen and oxygen atoms in total. The molecule has 3 N–H and O–H groups in total. The number of nitrogens with two attached hydrogens (primary N) is 1. The first-order chi connectivity index (χ1) is 6.11. The van der Waals surface area contributed by atoms with Crippen LogP contribution in [-0.4, -0.2) is 42.4 Å². The third kappa shape index (κ3) is 2.69. The Morgan fingerprint density at radius 1 is 1.69 bits per heavy atom. The molecule has 0 unspecified atom stereocenters. The summed E-state index contributed by atoms with van der Waals surface area (Å²) in [7, 11) is 0. The van der Waals surface area contributed by atoms with Crippen LogP contribution in [0.3, 0.4) is 0 Å². The lowest BCUT2D eigenvalue weighted by molar-refractivity contribution is -0.135. The van der Waals surface area contributed by atoms with Crippen molar-refractivity contribution in [3.05, 3.63) is 0 Å². The fourth-order valence-electron chi connectivity index (χ4n) is 1.28. The molecular formula is C8H15N3O2. The van der Waals surface area contributed by atoms with Crippen LogP contribution in [0.1, 0.15) is 13.3 Å². The molecule has 1 aliphatic heterocycles. The van der Waals surface area contributed by atoms with Crippen LogP contribution < -0.4 is 11.1 Å². The summed E-state index contributed by atoms with van der Waals surface area (Å²) in [5, 5.41) is 2.69. The van der Waals surface area contributed by atoms with E-state index in [0.29, 0.717) is 13.1 Å². The molecule has 2 amide bonds. The van der Waals surface area contributed by atoms with E-state index in [0.717, 1.165) is 6.42 Å². The van der Waals surface area contributed by atoms with Crippen LogP contribution in [0.15, 0.2) is 0 Å². The van der Waals surface area contributed by atoms with E-state index in [2.05, 4.69) is 5.32 Å². The quantitative estimate of drug-likeness (QED) is 0.532. The van der Waals surface area contributed by atoms with E-state index in [1.807, 2.05) is 0 Å². The average molecular weight is 185 g/mol. The minimum atomic E-state index is -0.522. The topological polar surface area (TPSA) is 75.4 Å². The Labute approximate surface area is 77.3 Å². The lowest BCUT2D eigenvalue weighted by Gasteiger charge is -2.20. The summed E-state index contributed by atoms with van der Waals surface area (Å²) in [5.41, 5.74) is 5.44. The van der Waals surface area contributed by atoms with Crippen molar-refractivity contribution in [3.63, 3.8) is 0 Å². The molecule has 0 radical (unpaired) electrons. The Morgan fingerprint density at radius 3 is 3.00 bits per heavy atom. The molecule has 0 aromatic heterocycles. The van der Waals surface area contributed by atoms with Crippen LogP contribution in [-0.2, 0) is 9.59 Å². The van der Waals surface area contributed by atoms with Crippen LogP contribution in [0.5, 0.6) is 0 Å². The van der Waals surface area contributed by atoms with Crippen LogP contribution in [0, 0.1) is 0 Å². The van der Waals surface area contributed by atoms with Gasteiger partial charge in [-0.1, -0.05) is 0 Å². The van der Waals surface area contributed by atoms with Crippen LogP contribution >= 0.6 is 0 Å². The van der Waals surface area contributed by atoms with Gasteiger partial charge in [0.1, 0.15) is 0 Å². The molecule has 1 fully saturated rings. The summed E-state index contributed by atoms with van der Waals surface area (Å²) in [4.78, 5) is 24.0. The van der Waals surface area contributed by atoms with Gasteiger partial charge in [-0.25, -0.2) is 0 Å². The van der Waals surface area contributed by atoms with Crippen molar-refractivity contribution < 1.29 is 9.59 Å². The standard InChI is InChI=1S/C8H15N3O2/c1-6(9)8(13)11-4-2-3-10-7(12)5-11/h6H,2-5,9H2,1H3,(H,10,12)/t6-/m0/s1. The second-order valence-corrected chi connectivity index (χ2v) is 3.25. The zero-order chi connectivity index (χ0) is 9.84. The third-order valence-corrected chi connectivity index (χ3v) is 1.96. The van der Waals surface area contributed by atoms with Crippen molar-refractivity contribution in [2.24, 2.45) is 5.73 Å². The molecule has 13 heavy (non-hydrogen) atoms. The first-order valence-electron chi connectivity index (χ1n) is 4.42. The van der Waals surface area contributed by atoms with Gasteiger partial charge in [0, 0.05) is 13.1 Å². The summed E-state index contributed by atoms with van der Waals surface area (Å²) >= 11 is 0. The van der Waals surface area contributed by atoms with Gasteiger partial charge >= 0.3 is 0 Å². The highest BCUT2D eigenvalue weighted by Crippen LogP contribution is 1.98. The molecule has 74 valence electrons. The number of nitrogens with zero attached hydrogens (tertiary/aromatic N) is 1. The first-order valence-corrected chi connectivity index (χ1v) is 4.42. The van der Waals surface area contributed by atoms with Crippen molar-refractivity contribution in [2.45, 2.75) is 19.4 Å². The van der Waals surface area contributed by atoms with E-state index >= 15 is 0 Å². The van der Waals surface area contributed by atoms with Crippen molar-refractivity contribution in [1.29, 1.82) is 0 Å². The SMILES string of the molecule is C[C@H](N)C(=O)N1CCCNC(=O)C1. The van der Waals surface area contributed by atoms with Gasteiger partial charge in [-0.05, 0) is 13.3 Å². The molecule has 1 heterocycles. The number of nitrogens with one attached hydrogen (secondary N) is 1. The van der Waals surface area contributed by atoms with Gasteiger partial charge in [0.2, 0.25) is 11.8 Å². The number of hydrogen-bond donors (Lipinski definition) is 2. The Kier molecular flexibility index (Phi) is 3.25. The van der Waals surface area contributed by atoms with Gasteiger partial charge in [0.15, 0.2) is 0 Å². The molecule has 0 bridgehead atoms. The predicted molar refractivity (Wildman–Crippen MR) is 47.9 cm³/mol. The van der Waals surface area contributed by atoms with E-state index in [4.69, 9.17) is 5.73 Å². The first kappa shape index (κ1) is 9.98. The highest BCUT2D eigenvalue weighted by molar-refractivity contribution is 5.87. The minimum absolute atomic E-state index is 0.105. The van der Waals surface area contributed by atoms with Gasteiger partial charge < -0.3 is 16.0 Å². The molecule has 0 spiro atoms. The van der Waals surface area contributed by atoms with E-state index in [9.17, 15) is 9.59 Å². The Hall–Kier alpha value is -1.10. The van der Waals surface area contributed by atoms with Crippen molar-refractivity contribution in [2.75, 3.05) is 19.6 Å². The molecule has 0 aliphatic carbocycles. The fourth-order valence-corrected chi connectivity index (χ4v) is 1.28. The van der Waals surface area contributed by atoms with E-state index in [1.54, 1.807) is 6.92 Å². The second kappa shape index (κ2) is 4.23. The lowest BCUT2D eigenvalue weighted by atomic mass is 10.3. The van der Waals surface area contributed by atoms with Crippen LogP contribution in [0.2, 0.25) is 0 Å². The maximum atomic E-state index is 11.4. The summed E-state index contributed by atoms with van der Waals surface area (Å²) in [6, 6.07) is -0.522. The van der Waals surface area contributed by atoms with Crippen molar-refractivity contribution in [1.82, 2.24) is 10.2 Å². The zero-order valence-electron chi connectivity index (χ0n) is 7.75. The maximum absolute atomic E-state index is 11.4. The number of amides is 2. The molecule has 1 aliphatic rings. The summed E-state index contributed by atoms with van der Waals surface area (Å²) in [6.07, 6.45) is 0.796.